The monoisotopic (exact) mass is 1240 g/mol. The van der Waals surface area contributed by atoms with E-state index in [1.807, 2.05) is 282 Å². The van der Waals surface area contributed by atoms with E-state index in [1.54, 1.807) is 6.07 Å². The average molecular weight is 1240 g/mol. The SMILES string of the molecule is [2H]c1c([2H])c([2H])c2c(-c3ccccc3)nc(C)nc2c1-c1ccc2ccccc2c1.[2H]c1c([2H])c([2H])c2c(-c3ccccc3)nc(C)nc2c1-c1ccccc1.[2H]c1cc2c(-c3ccccc3)nc(C)nc2c(-c2ccccc2)c1[2H].[2H]c1ccc2c(-c3ccccc3)nc(C)nc2c1-c1ccccc1. The summed E-state index contributed by atoms with van der Waals surface area (Å²) in [5.41, 5.74) is 15.6. The zero-order chi connectivity index (χ0) is 73.0. The summed E-state index contributed by atoms with van der Waals surface area (Å²) in [5.74, 6) is 2.51. The molecule has 4 aromatic heterocycles. The molecule has 0 unspecified atom stereocenters. The Hall–Kier alpha value is -12.5. The molecule has 0 fully saturated rings. The van der Waals surface area contributed by atoms with Gasteiger partial charge in [0.15, 0.2) is 0 Å². The summed E-state index contributed by atoms with van der Waals surface area (Å²) >= 11 is 0. The Morgan fingerprint density at radius 1 is 0.208 bits per heavy atom. The molecular weight excluding hydrogens is 1170 g/mol. The van der Waals surface area contributed by atoms with E-state index >= 15 is 0 Å². The molecule has 4 heterocycles. The number of fused-ring (bicyclic) bond motifs is 5. The molecule has 17 rings (SSSR count). The van der Waals surface area contributed by atoms with Crippen molar-refractivity contribution in [1.82, 2.24) is 39.9 Å². The molecule has 0 aliphatic rings. The summed E-state index contributed by atoms with van der Waals surface area (Å²) in [7, 11) is 0. The van der Waals surface area contributed by atoms with Crippen LogP contribution in [-0.4, -0.2) is 39.9 Å². The molecule has 0 spiro atoms. The van der Waals surface area contributed by atoms with Gasteiger partial charge in [0.25, 0.3) is 0 Å². The zero-order valence-corrected chi connectivity index (χ0v) is 53.1. The predicted molar refractivity (Wildman–Crippen MR) is 398 cm³/mol. The predicted octanol–water partition coefficient (Wildman–Crippen LogP) is 22.2. The van der Waals surface area contributed by atoms with Crippen molar-refractivity contribution in [2.75, 3.05) is 0 Å². The van der Waals surface area contributed by atoms with E-state index < -0.39 is 0 Å². The normalized spacial score (nSPS) is 12.2. The third kappa shape index (κ3) is 13.3. The molecule has 13 aromatic carbocycles. The van der Waals surface area contributed by atoms with Gasteiger partial charge in [0.1, 0.15) is 23.3 Å². The van der Waals surface area contributed by atoms with Crippen molar-refractivity contribution < 1.29 is 12.3 Å². The second-order valence-corrected chi connectivity index (χ2v) is 22.7. The molecule has 0 aliphatic carbocycles. The van der Waals surface area contributed by atoms with Gasteiger partial charge >= 0.3 is 0 Å². The van der Waals surface area contributed by atoms with Gasteiger partial charge < -0.3 is 0 Å². The largest absolute Gasteiger partial charge is 0.233 e. The van der Waals surface area contributed by atoms with Crippen LogP contribution in [0.25, 0.3) is 144 Å². The lowest BCUT2D eigenvalue weighted by atomic mass is 9.97. The van der Waals surface area contributed by atoms with E-state index in [9.17, 15) is 0 Å². The van der Waals surface area contributed by atoms with E-state index in [4.69, 9.17) is 12.3 Å². The number of hydrogen-bond donors (Lipinski definition) is 0. The topological polar surface area (TPSA) is 103 Å². The number of nitrogens with zero attached hydrogens (tertiary/aromatic N) is 8. The van der Waals surface area contributed by atoms with Crippen molar-refractivity contribution in [1.29, 1.82) is 0 Å². The van der Waals surface area contributed by atoms with Crippen LogP contribution in [0.15, 0.2) is 327 Å². The van der Waals surface area contributed by atoms with Crippen molar-refractivity contribution in [2.24, 2.45) is 0 Å². The highest BCUT2D eigenvalue weighted by Gasteiger charge is 2.17. The third-order valence-electron chi connectivity index (χ3n) is 16.2. The van der Waals surface area contributed by atoms with E-state index in [0.717, 1.165) is 94.0 Å². The number of para-hydroxylation sites is 4. The van der Waals surface area contributed by atoms with Gasteiger partial charge in [0.2, 0.25) is 0 Å². The molecule has 0 atom stereocenters. The summed E-state index contributed by atoms with van der Waals surface area (Å²) < 4.78 is 75.9. The zero-order valence-electron chi connectivity index (χ0n) is 62.1. The lowest BCUT2D eigenvalue weighted by molar-refractivity contribution is 1.10. The number of aromatic nitrogens is 8. The van der Waals surface area contributed by atoms with Gasteiger partial charge in [-0.2, -0.15) is 0 Å². The van der Waals surface area contributed by atoms with Crippen LogP contribution < -0.4 is 0 Å². The fourth-order valence-corrected chi connectivity index (χ4v) is 11.8. The van der Waals surface area contributed by atoms with Gasteiger partial charge in [-0.15, -0.1) is 0 Å². The van der Waals surface area contributed by atoms with Crippen LogP contribution in [-0.2, 0) is 0 Å². The Morgan fingerprint density at radius 3 is 0.885 bits per heavy atom. The van der Waals surface area contributed by atoms with Crippen LogP contribution in [0.1, 0.15) is 35.6 Å². The first kappa shape index (κ1) is 51.0. The van der Waals surface area contributed by atoms with Crippen LogP contribution in [0, 0.1) is 27.7 Å². The minimum Gasteiger partial charge on any atom is -0.233 e. The maximum Gasteiger partial charge on any atom is 0.126 e. The van der Waals surface area contributed by atoms with Crippen LogP contribution in [0.3, 0.4) is 0 Å². The Kier molecular flexibility index (Phi) is 15.0. The van der Waals surface area contributed by atoms with Crippen LogP contribution in [0.5, 0.6) is 0 Å². The van der Waals surface area contributed by atoms with Crippen molar-refractivity contribution >= 4 is 54.4 Å². The number of aryl methyl sites for hydroxylation is 4. The number of rotatable bonds is 8. The molecular formula is C88H66N8. The lowest BCUT2D eigenvalue weighted by Gasteiger charge is -2.11. The minimum absolute atomic E-state index is 0.0106. The molecule has 0 N–H and O–H groups in total. The molecule has 96 heavy (non-hydrogen) atoms. The van der Waals surface area contributed by atoms with E-state index in [1.165, 1.54) is 0 Å². The third-order valence-corrected chi connectivity index (χ3v) is 16.2. The summed E-state index contributed by atoms with van der Waals surface area (Å²) in [4.78, 5) is 37.0. The Balaban J connectivity index is 0.000000118. The maximum atomic E-state index is 8.64. The van der Waals surface area contributed by atoms with Gasteiger partial charge in [0, 0.05) is 66.1 Å². The Morgan fingerprint density at radius 2 is 0.500 bits per heavy atom. The average Bonchev–Trinajstić information content (AvgIpc) is 0.743. The smallest absolute Gasteiger partial charge is 0.126 e. The summed E-state index contributed by atoms with van der Waals surface area (Å²) in [5, 5.41) is 4.96. The first-order valence-electron chi connectivity index (χ1n) is 36.0. The first-order chi connectivity index (χ1) is 51.0. The van der Waals surface area contributed by atoms with E-state index in [-0.39, 0.29) is 48.3 Å². The fourth-order valence-electron chi connectivity index (χ4n) is 11.8. The minimum atomic E-state index is -0.115. The molecule has 458 valence electrons. The molecule has 8 nitrogen and oxygen atoms in total. The Bertz CT molecular complexity index is 6110. The van der Waals surface area contributed by atoms with Crippen LogP contribution >= 0.6 is 0 Å². The van der Waals surface area contributed by atoms with E-state index in [2.05, 4.69) is 52.0 Å². The lowest BCUT2D eigenvalue weighted by Crippen LogP contribution is -1.95. The van der Waals surface area contributed by atoms with Gasteiger partial charge in [0.05, 0.1) is 57.2 Å². The molecule has 0 saturated heterocycles. The van der Waals surface area contributed by atoms with Crippen molar-refractivity contribution in [3.05, 3.63) is 351 Å². The summed E-state index contributed by atoms with van der Waals surface area (Å²) in [6.45, 7) is 7.39. The number of benzene rings is 13. The molecule has 0 saturated carbocycles. The van der Waals surface area contributed by atoms with Crippen LogP contribution in [0.4, 0.5) is 0 Å². The van der Waals surface area contributed by atoms with Crippen molar-refractivity contribution in [3.8, 4) is 89.5 Å². The highest BCUT2D eigenvalue weighted by Crippen LogP contribution is 2.38. The molecule has 0 radical (unpaired) electrons. The van der Waals surface area contributed by atoms with Crippen LogP contribution in [0.2, 0.25) is 0 Å². The van der Waals surface area contributed by atoms with E-state index in [0.29, 0.717) is 79.2 Å². The van der Waals surface area contributed by atoms with Crippen molar-refractivity contribution in [2.45, 2.75) is 27.7 Å². The quantitative estimate of drug-likeness (QED) is 0.148. The van der Waals surface area contributed by atoms with Gasteiger partial charge in [-0.25, -0.2) is 39.9 Å². The maximum absolute atomic E-state index is 8.64. The summed E-state index contributed by atoms with van der Waals surface area (Å²) in [6.07, 6.45) is 0. The van der Waals surface area contributed by atoms with Crippen molar-refractivity contribution in [3.63, 3.8) is 0 Å². The molecule has 0 amide bonds. The first-order valence-corrected chi connectivity index (χ1v) is 31.5. The van der Waals surface area contributed by atoms with Gasteiger partial charge in [-0.3, -0.25) is 0 Å². The molecule has 0 aliphatic heterocycles. The fraction of sp³-hybridized carbons (Fsp3) is 0.0455. The van der Waals surface area contributed by atoms with Gasteiger partial charge in [-0.05, 0) is 66.8 Å². The highest BCUT2D eigenvalue weighted by molar-refractivity contribution is 6.05. The second-order valence-electron chi connectivity index (χ2n) is 22.7. The van der Waals surface area contributed by atoms with Gasteiger partial charge in [-0.1, -0.05) is 321 Å². The highest BCUT2D eigenvalue weighted by atomic mass is 14.9. The molecule has 0 bridgehead atoms. The summed E-state index contributed by atoms with van der Waals surface area (Å²) in [6, 6.07) is 88.6. The Labute approximate surface area is 571 Å². The molecule has 17 aromatic rings. The molecule has 8 heteroatoms. The number of hydrogen-bond acceptors (Lipinski definition) is 8. The standard InChI is InChI=1S/C25H18N2.3C21H16N2/c1-17-26-24(19-9-3-2-4-10-19)23-13-7-12-22(25(23)27-17)21-15-14-18-8-5-6-11-20(18)16-21;3*1-15-22-20(17-11-6-3-7-12-17)19-14-8-13-18(21(19)23-15)16-9-4-2-5-10-16/h2-16H,1H3;3*2-14H,1H3/i7D,12D,13D;8D,13D,14D;8D,13D;13D. The second kappa shape index (κ2) is 28.1.